The smallest absolute Gasteiger partial charge is 0.248 e. The molecule has 1 atom stereocenters. The van der Waals surface area contributed by atoms with Crippen molar-refractivity contribution in [1.82, 2.24) is 0 Å². The van der Waals surface area contributed by atoms with Gasteiger partial charge in [0.15, 0.2) is 9.84 Å². The van der Waals surface area contributed by atoms with Gasteiger partial charge in [-0.3, -0.25) is 4.79 Å². The molecule has 0 aromatic heterocycles. The fourth-order valence-electron chi connectivity index (χ4n) is 2.86. The Labute approximate surface area is 172 Å². The lowest BCUT2D eigenvalue weighted by molar-refractivity contribution is 0.0122. The highest BCUT2D eigenvalue weighted by molar-refractivity contribution is 7.90. The van der Waals surface area contributed by atoms with E-state index in [-0.39, 0.29) is 12.0 Å². The topological polar surface area (TPSA) is 108 Å². The van der Waals surface area contributed by atoms with Gasteiger partial charge in [0.05, 0.1) is 19.3 Å². The largest absolute Gasteiger partial charge is 0.382 e. The van der Waals surface area contributed by atoms with E-state index in [9.17, 15) is 13.2 Å². The second-order valence-corrected chi connectivity index (χ2v) is 8.97. The van der Waals surface area contributed by atoms with Crippen molar-refractivity contribution >= 4 is 21.4 Å². The third-order valence-electron chi connectivity index (χ3n) is 4.29. The number of aryl methyl sites for hydroxylation is 1. The van der Waals surface area contributed by atoms with Crippen LogP contribution in [-0.2, 0) is 25.7 Å². The molecule has 0 heterocycles. The highest BCUT2D eigenvalue weighted by Gasteiger charge is 2.16. The molecular formula is C21H28N2O5S. The van der Waals surface area contributed by atoms with Crippen molar-refractivity contribution in [2.45, 2.75) is 18.9 Å². The number of primary amides is 1. The molecule has 1 unspecified atom stereocenters. The fourth-order valence-corrected chi connectivity index (χ4v) is 3.29. The number of methoxy groups -OCH3 is 1. The van der Waals surface area contributed by atoms with E-state index in [0.29, 0.717) is 30.9 Å². The van der Waals surface area contributed by atoms with Crippen LogP contribution in [0.5, 0.6) is 0 Å². The summed E-state index contributed by atoms with van der Waals surface area (Å²) in [5.41, 5.74) is 8.20. The summed E-state index contributed by atoms with van der Waals surface area (Å²) in [5, 5.41) is 2.84. The molecule has 3 N–H and O–H groups in total. The number of nitrogens with two attached hydrogens (primary N) is 1. The van der Waals surface area contributed by atoms with Gasteiger partial charge < -0.3 is 20.5 Å². The van der Waals surface area contributed by atoms with Crippen molar-refractivity contribution in [3.05, 3.63) is 65.2 Å². The standard InChI is InChI=1S/C21H28N2O5S/c1-27-10-11-28-20(9-8-16-6-4-3-5-7-16)17-12-18(21(22)24)14-19(13-17)23-15-29(2,25)26/h3-7,12-14,20,23H,8-11,15H2,1-2H3,(H2,22,24). The number of hydrogen-bond acceptors (Lipinski definition) is 6. The first kappa shape index (κ1) is 22.9. The van der Waals surface area contributed by atoms with Crippen molar-refractivity contribution < 1.29 is 22.7 Å². The Morgan fingerprint density at radius 3 is 2.48 bits per heavy atom. The number of anilines is 1. The molecule has 0 saturated carbocycles. The summed E-state index contributed by atoms with van der Waals surface area (Å²) in [6.07, 6.45) is 2.30. The van der Waals surface area contributed by atoms with E-state index in [1.165, 1.54) is 5.56 Å². The van der Waals surface area contributed by atoms with Gasteiger partial charge in [-0.1, -0.05) is 30.3 Å². The van der Waals surface area contributed by atoms with E-state index in [1.54, 1.807) is 25.3 Å². The van der Waals surface area contributed by atoms with Crippen molar-refractivity contribution in [1.29, 1.82) is 0 Å². The molecule has 2 aromatic carbocycles. The number of amides is 1. The molecule has 8 heteroatoms. The minimum Gasteiger partial charge on any atom is -0.382 e. The van der Waals surface area contributed by atoms with E-state index in [4.69, 9.17) is 15.2 Å². The maximum absolute atomic E-state index is 11.8. The van der Waals surface area contributed by atoms with Crippen molar-refractivity contribution in [3.8, 4) is 0 Å². The van der Waals surface area contributed by atoms with Crippen LogP contribution in [0.2, 0.25) is 0 Å². The van der Waals surface area contributed by atoms with Crippen LogP contribution in [0, 0.1) is 0 Å². The number of nitrogens with one attached hydrogen (secondary N) is 1. The van der Waals surface area contributed by atoms with Gasteiger partial charge in [0.2, 0.25) is 5.91 Å². The molecule has 158 valence electrons. The van der Waals surface area contributed by atoms with Gasteiger partial charge in [-0.2, -0.15) is 0 Å². The van der Waals surface area contributed by atoms with Crippen molar-refractivity contribution in [2.24, 2.45) is 5.73 Å². The van der Waals surface area contributed by atoms with E-state index in [0.717, 1.165) is 18.2 Å². The molecule has 29 heavy (non-hydrogen) atoms. The van der Waals surface area contributed by atoms with Crippen LogP contribution >= 0.6 is 0 Å². The lowest BCUT2D eigenvalue weighted by Gasteiger charge is -2.20. The number of hydrogen-bond donors (Lipinski definition) is 2. The number of ether oxygens (including phenoxy) is 2. The Kier molecular flexibility index (Phi) is 8.63. The zero-order valence-electron chi connectivity index (χ0n) is 16.8. The van der Waals surface area contributed by atoms with Crippen LogP contribution in [0.1, 0.15) is 34.0 Å². The van der Waals surface area contributed by atoms with E-state index < -0.39 is 15.7 Å². The second-order valence-electron chi connectivity index (χ2n) is 6.83. The van der Waals surface area contributed by atoms with Gasteiger partial charge in [-0.05, 0) is 42.2 Å². The first-order chi connectivity index (χ1) is 13.8. The van der Waals surface area contributed by atoms with Crippen molar-refractivity contribution in [3.63, 3.8) is 0 Å². The summed E-state index contributed by atoms with van der Waals surface area (Å²) < 4.78 is 34.0. The maximum Gasteiger partial charge on any atom is 0.248 e. The Morgan fingerprint density at radius 2 is 1.86 bits per heavy atom. The molecule has 2 rings (SSSR count). The molecule has 1 amide bonds. The van der Waals surface area contributed by atoms with Gasteiger partial charge in [0.1, 0.15) is 5.88 Å². The first-order valence-corrected chi connectivity index (χ1v) is 11.4. The average molecular weight is 421 g/mol. The highest BCUT2D eigenvalue weighted by atomic mass is 32.2. The molecule has 2 aromatic rings. The van der Waals surface area contributed by atoms with Crippen LogP contribution in [0.4, 0.5) is 5.69 Å². The van der Waals surface area contributed by atoms with E-state index in [1.807, 2.05) is 30.3 Å². The fraction of sp³-hybridized carbons (Fsp3) is 0.381. The monoisotopic (exact) mass is 420 g/mol. The van der Waals surface area contributed by atoms with Crippen LogP contribution in [-0.4, -0.2) is 46.8 Å². The zero-order valence-corrected chi connectivity index (χ0v) is 17.6. The molecule has 0 saturated heterocycles. The molecule has 7 nitrogen and oxygen atoms in total. The number of carbonyl (C=O) groups is 1. The summed E-state index contributed by atoms with van der Waals surface area (Å²) in [5.74, 6) is -0.832. The lowest BCUT2D eigenvalue weighted by atomic mass is 9.98. The molecule has 0 spiro atoms. The Morgan fingerprint density at radius 1 is 1.14 bits per heavy atom. The molecule has 0 radical (unpaired) electrons. The summed E-state index contributed by atoms with van der Waals surface area (Å²) in [6, 6.07) is 15.0. The Balaban J connectivity index is 2.27. The van der Waals surface area contributed by atoms with Gasteiger partial charge in [-0.15, -0.1) is 0 Å². The third kappa shape index (κ3) is 8.23. The molecule has 0 fully saturated rings. The summed E-state index contributed by atoms with van der Waals surface area (Å²) >= 11 is 0. The lowest BCUT2D eigenvalue weighted by Crippen LogP contribution is -2.17. The summed E-state index contributed by atoms with van der Waals surface area (Å²) in [4.78, 5) is 11.8. The SMILES string of the molecule is COCCOC(CCc1ccccc1)c1cc(NCS(C)(=O)=O)cc(C(N)=O)c1. The minimum atomic E-state index is -3.23. The zero-order chi connectivity index (χ0) is 21.3. The Bertz CT molecular complexity index is 901. The van der Waals surface area contributed by atoms with Crippen LogP contribution < -0.4 is 11.1 Å². The van der Waals surface area contributed by atoms with Crippen LogP contribution in [0.15, 0.2) is 48.5 Å². The molecule has 0 bridgehead atoms. The van der Waals surface area contributed by atoms with E-state index >= 15 is 0 Å². The number of sulfone groups is 1. The van der Waals surface area contributed by atoms with Gasteiger partial charge in [0.25, 0.3) is 0 Å². The van der Waals surface area contributed by atoms with Gasteiger partial charge in [-0.25, -0.2) is 8.42 Å². The molecule has 0 aliphatic carbocycles. The first-order valence-electron chi connectivity index (χ1n) is 9.29. The number of benzene rings is 2. The van der Waals surface area contributed by atoms with Gasteiger partial charge in [0, 0.05) is 24.6 Å². The highest BCUT2D eigenvalue weighted by Crippen LogP contribution is 2.27. The second kappa shape index (κ2) is 10.9. The summed E-state index contributed by atoms with van der Waals surface area (Å²) in [6.45, 7) is 0.833. The molecule has 0 aliphatic rings. The van der Waals surface area contributed by atoms with Gasteiger partial charge >= 0.3 is 0 Å². The average Bonchev–Trinajstić information content (AvgIpc) is 2.69. The minimum absolute atomic E-state index is 0.242. The molecular weight excluding hydrogens is 392 g/mol. The quantitative estimate of drug-likeness (QED) is 0.511. The third-order valence-corrected chi connectivity index (χ3v) is 4.96. The predicted molar refractivity (Wildman–Crippen MR) is 114 cm³/mol. The summed E-state index contributed by atoms with van der Waals surface area (Å²) in [7, 11) is -1.63. The number of carbonyl (C=O) groups excluding carboxylic acids is 1. The Hall–Kier alpha value is -2.42. The maximum atomic E-state index is 11.8. The molecule has 0 aliphatic heterocycles. The normalized spacial score (nSPS) is 12.5. The van der Waals surface area contributed by atoms with Crippen LogP contribution in [0.3, 0.4) is 0 Å². The van der Waals surface area contributed by atoms with Crippen LogP contribution in [0.25, 0.3) is 0 Å². The predicted octanol–water partition coefficient (Wildman–Crippen LogP) is 2.54. The van der Waals surface area contributed by atoms with Crippen molar-refractivity contribution in [2.75, 3.05) is 37.8 Å². The van der Waals surface area contributed by atoms with E-state index in [2.05, 4.69) is 5.32 Å². The number of rotatable bonds is 12.